The molecule has 0 saturated heterocycles. The molecule has 1 aromatic rings. The first-order chi connectivity index (χ1) is 8.63. The smallest absolute Gasteiger partial charge is 0.358 e. The summed E-state index contributed by atoms with van der Waals surface area (Å²) in [6.45, 7) is 4.47. The number of unbranched alkanes of at least 4 members (excludes halogenated alkanes) is 3. The Labute approximate surface area is 107 Å². The van der Waals surface area contributed by atoms with E-state index >= 15 is 0 Å². The van der Waals surface area contributed by atoms with Gasteiger partial charge in [-0.15, -0.1) is 0 Å². The van der Waals surface area contributed by atoms with Crippen LogP contribution in [0.2, 0.25) is 0 Å². The zero-order valence-electron chi connectivity index (χ0n) is 11.0. The summed E-state index contributed by atoms with van der Waals surface area (Å²) in [7, 11) is 0. The van der Waals surface area contributed by atoms with Gasteiger partial charge in [-0.25, -0.2) is 4.79 Å². The Kier molecular flexibility index (Phi) is 6.43. The Morgan fingerprint density at radius 1 is 1.50 bits per heavy atom. The highest BCUT2D eigenvalue weighted by Gasteiger charge is 2.11. The van der Waals surface area contributed by atoms with Gasteiger partial charge in [0.05, 0.1) is 6.10 Å². The summed E-state index contributed by atoms with van der Waals surface area (Å²) in [6, 6.07) is 1.39. The molecule has 0 aromatic carbocycles. The van der Waals surface area contributed by atoms with Crippen molar-refractivity contribution in [2.24, 2.45) is 0 Å². The molecule has 1 aromatic heterocycles. The summed E-state index contributed by atoms with van der Waals surface area (Å²) < 4.78 is 10.4. The average molecular weight is 255 g/mol. The van der Waals surface area contributed by atoms with E-state index < -0.39 is 5.97 Å². The Morgan fingerprint density at radius 2 is 2.28 bits per heavy atom. The van der Waals surface area contributed by atoms with Crippen LogP contribution in [-0.2, 0) is 11.3 Å². The monoisotopic (exact) mass is 255 g/mol. The van der Waals surface area contributed by atoms with Crippen molar-refractivity contribution in [3.05, 3.63) is 17.5 Å². The van der Waals surface area contributed by atoms with Crippen LogP contribution in [-0.4, -0.2) is 22.3 Å². The first kappa shape index (κ1) is 14.7. The summed E-state index contributed by atoms with van der Waals surface area (Å²) in [5.41, 5.74) is -0.0794. The Bertz CT molecular complexity index is 362. The van der Waals surface area contributed by atoms with Crippen molar-refractivity contribution in [1.82, 2.24) is 5.16 Å². The number of ether oxygens (including phenoxy) is 1. The van der Waals surface area contributed by atoms with E-state index in [0.717, 1.165) is 12.8 Å². The van der Waals surface area contributed by atoms with E-state index in [0.29, 0.717) is 5.76 Å². The van der Waals surface area contributed by atoms with E-state index in [-0.39, 0.29) is 18.4 Å². The van der Waals surface area contributed by atoms with E-state index in [4.69, 9.17) is 14.4 Å². The predicted molar refractivity (Wildman–Crippen MR) is 66.5 cm³/mol. The Hall–Kier alpha value is -1.36. The largest absolute Gasteiger partial charge is 0.476 e. The van der Waals surface area contributed by atoms with Gasteiger partial charge in [-0.2, -0.15) is 0 Å². The standard InChI is InChI=1S/C13H21NO4/c1-3-4-5-6-7-10(2)17-9-11-8-12(13(15)16)14-18-11/h8,10H,3-7,9H2,1-2H3,(H,15,16). The summed E-state index contributed by atoms with van der Waals surface area (Å²) in [5, 5.41) is 12.1. The molecule has 1 heterocycles. The lowest BCUT2D eigenvalue weighted by atomic mass is 10.1. The van der Waals surface area contributed by atoms with Crippen LogP contribution in [0.1, 0.15) is 62.2 Å². The molecule has 1 rings (SSSR count). The third kappa shape index (κ3) is 5.31. The van der Waals surface area contributed by atoms with Gasteiger partial charge in [-0.05, 0) is 13.3 Å². The zero-order chi connectivity index (χ0) is 13.4. The van der Waals surface area contributed by atoms with E-state index in [1.807, 2.05) is 6.92 Å². The van der Waals surface area contributed by atoms with Crippen LogP contribution >= 0.6 is 0 Å². The van der Waals surface area contributed by atoms with Crippen LogP contribution in [0, 0.1) is 0 Å². The van der Waals surface area contributed by atoms with Crippen LogP contribution in [0.15, 0.2) is 10.6 Å². The SMILES string of the molecule is CCCCCCC(C)OCc1cc(C(=O)O)no1. The van der Waals surface area contributed by atoms with Crippen molar-refractivity contribution in [2.45, 2.75) is 58.7 Å². The van der Waals surface area contributed by atoms with Gasteiger partial charge in [0.15, 0.2) is 11.5 Å². The molecule has 0 aliphatic carbocycles. The number of carboxylic acid groups (broad SMARTS) is 1. The topological polar surface area (TPSA) is 72.6 Å². The molecule has 0 spiro atoms. The maximum absolute atomic E-state index is 10.6. The van der Waals surface area contributed by atoms with Gasteiger partial charge in [0.1, 0.15) is 6.61 Å². The number of nitrogens with zero attached hydrogens (tertiary/aromatic N) is 1. The van der Waals surface area contributed by atoms with Crippen molar-refractivity contribution in [3.63, 3.8) is 0 Å². The molecule has 0 fully saturated rings. The molecule has 0 aliphatic heterocycles. The number of aromatic carboxylic acids is 1. The summed E-state index contributed by atoms with van der Waals surface area (Å²) in [4.78, 5) is 10.6. The highest BCUT2D eigenvalue weighted by molar-refractivity contribution is 5.85. The van der Waals surface area contributed by atoms with Crippen molar-refractivity contribution in [2.75, 3.05) is 0 Å². The predicted octanol–water partition coefficient (Wildman–Crippen LogP) is 3.25. The Balaban J connectivity index is 2.20. The molecule has 1 N–H and O–H groups in total. The molecule has 102 valence electrons. The lowest BCUT2D eigenvalue weighted by Crippen LogP contribution is -2.07. The number of carboxylic acids is 1. The van der Waals surface area contributed by atoms with Crippen molar-refractivity contribution < 1.29 is 19.2 Å². The molecule has 0 radical (unpaired) electrons. The number of carbonyl (C=O) groups is 1. The second kappa shape index (κ2) is 7.87. The highest BCUT2D eigenvalue weighted by Crippen LogP contribution is 2.11. The fraction of sp³-hybridized carbons (Fsp3) is 0.692. The molecule has 0 bridgehead atoms. The van der Waals surface area contributed by atoms with E-state index in [2.05, 4.69) is 12.1 Å². The van der Waals surface area contributed by atoms with Crippen LogP contribution in [0.25, 0.3) is 0 Å². The normalized spacial score (nSPS) is 12.6. The Morgan fingerprint density at radius 3 is 2.89 bits per heavy atom. The fourth-order valence-corrected chi connectivity index (χ4v) is 1.65. The van der Waals surface area contributed by atoms with Crippen molar-refractivity contribution in [3.8, 4) is 0 Å². The number of hydrogen-bond donors (Lipinski definition) is 1. The molecule has 1 atom stereocenters. The minimum absolute atomic E-state index is 0.0794. The van der Waals surface area contributed by atoms with E-state index in [9.17, 15) is 4.79 Å². The van der Waals surface area contributed by atoms with Gasteiger partial charge in [0.25, 0.3) is 0 Å². The van der Waals surface area contributed by atoms with Gasteiger partial charge >= 0.3 is 5.97 Å². The van der Waals surface area contributed by atoms with Crippen molar-refractivity contribution in [1.29, 1.82) is 0 Å². The maximum atomic E-state index is 10.6. The van der Waals surface area contributed by atoms with Gasteiger partial charge in [0, 0.05) is 6.07 Å². The first-order valence-corrected chi connectivity index (χ1v) is 6.44. The minimum Gasteiger partial charge on any atom is -0.476 e. The fourth-order valence-electron chi connectivity index (χ4n) is 1.65. The molecule has 1 unspecified atom stereocenters. The molecule has 0 aliphatic rings. The third-order valence-electron chi connectivity index (χ3n) is 2.75. The molecule has 0 amide bonds. The second-order valence-corrected chi connectivity index (χ2v) is 4.45. The summed E-state index contributed by atoms with van der Waals surface area (Å²) in [5.74, 6) is -0.634. The average Bonchev–Trinajstić information content (AvgIpc) is 2.81. The number of rotatable bonds is 9. The highest BCUT2D eigenvalue weighted by atomic mass is 16.5. The minimum atomic E-state index is -1.09. The molecule has 0 saturated carbocycles. The summed E-state index contributed by atoms with van der Waals surface area (Å²) >= 11 is 0. The first-order valence-electron chi connectivity index (χ1n) is 6.44. The van der Waals surface area contributed by atoms with Crippen LogP contribution in [0.3, 0.4) is 0 Å². The molecule has 18 heavy (non-hydrogen) atoms. The quantitative estimate of drug-likeness (QED) is 0.686. The number of aromatic nitrogens is 1. The zero-order valence-corrected chi connectivity index (χ0v) is 11.0. The van der Waals surface area contributed by atoms with Gasteiger partial charge in [-0.1, -0.05) is 37.8 Å². The molecular formula is C13H21NO4. The van der Waals surface area contributed by atoms with Crippen LogP contribution in [0.4, 0.5) is 0 Å². The van der Waals surface area contributed by atoms with Gasteiger partial charge in [0.2, 0.25) is 0 Å². The molecule has 5 heteroatoms. The number of hydrogen-bond acceptors (Lipinski definition) is 4. The van der Waals surface area contributed by atoms with Crippen LogP contribution < -0.4 is 0 Å². The van der Waals surface area contributed by atoms with E-state index in [1.165, 1.54) is 25.3 Å². The molecular weight excluding hydrogens is 234 g/mol. The molecule has 5 nitrogen and oxygen atoms in total. The third-order valence-corrected chi connectivity index (χ3v) is 2.75. The lowest BCUT2D eigenvalue weighted by Gasteiger charge is -2.11. The lowest BCUT2D eigenvalue weighted by molar-refractivity contribution is 0.0332. The second-order valence-electron chi connectivity index (χ2n) is 4.45. The van der Waals surface area contributed by atoms with Crippen molar-refractivity contribution >= 4 is 5.97 Å². The van der Waals surface area contributed by atoms with Gasteiger partial charge in [-0.3, -0.25) is 0 Å². The maximum Gasteiger partial charge on any atom is 0.358 e. The summed E-state index contributed by atoms with van der Waals surface area (Å²) in [6.07, 6.45) is 6.05. The van der Waals surface area contributed by atoms with Gasteiger partial charge < -0.3 is 14.4 Å². The van der Waals surface area contributed by atoms with E-state index in [1.54, 1.807) is 0 Å². The van der Waals surface area contributed by atoms with Crippen LogP contribution in [0.5, 0.6) is 0 Å².